The first-order valence-corrected chi connectivity index (χ1v) is 7.19. The number of nitrogens with zero attached hydrogens (tertiary/aromatic N) is 2. The van der Waals surface area contributed by atoms with Gasteiger partial charge >= 0.3 is 6.03 Å². The number of anilines is 1. The molecule has 1 saturated heterocycles. The summed E-state index contributed by atoms with van der Waals surface area (Å²) in [5.41, 5.74) is 0.696. The molecule has 5 nitrogen and oxygen atoms in total. The van der Waals surface area contributed by atoms with Crippen molar-refractivity contribution >= 4 is 27.6 Å². The number of carbonyl (C=O) groups excluding carboxylic acids is 1. The predicted molar refractivity (Wildman–Crippen MR) is 79.3 cm³/mol. The number of ether oxygens (including phenoxy) is 1. The van der Waals surface area contributed by atoms with Crippen LogP contribution in [0.5, 0.6) is 0 Å². The standard InChI is InChI=1S/C14H16BrN3O2/c1-9-8-18(13(7-16)10(2)20-9)14(19)17-12-5-3-11(15)4-6-12/h3-6,9-10,13H,8H2,1-2H3,(H,17,19). The summed E-state index contributed by atoms with van der Waals surface area (Å²) in [5.74, 6) is 0. The van der Waals surface area contributed by atoms with E-state index in [9.17, 15) is 10.1 Å². The van der Waals surface area contributed by atoms with E-state index in [1.165, 1.54) is 4.90 Å². The SMILES string of the molecule is CC1CN(C(=O)Nc2ccc(Br)cc2)C(C#N)C(C)O1. The number of amides is 2. The third kappa shape index (κ3) is 3.30. The van der Waals surface area contributed by atoms with Crippen LogP contribution in [-0.4, -0.2) is 35.7 Å². The molecule has 0 aliphatic carbocycles. The average molecular weight is 338 g/mol. The van der Waals surface area contributed by atoms with Gasteiger partial charge in [-0.15, -0.1) is 0 Å². The van der Waals surface area contributed by atoms with E-state index in [-0.39, 0.29) is 18.2 Å². The highest BCUT2D eigenvalue weighted by atomic mass is 79.9. The van der Waals surface area contributed by atoms with Gasteiger partial charge in [-0.1, -0.05) is 15.9 Å². The van der Waals surface area contributed by atoms with Crippen LogP contribution in [0.3, 0.4) is 0 Å². The minimum atomic E-state index is -0.568. The molecule has 3 unspecified atom stereocenters. The monoisotopic (exact) mass is 337 g/mol. The lowest BCUT2D eigenvalue weighted by molar-refractivity contribution is -0.0719. The number of hydrogen-bond acceptors (Lipinski definition) is 3. The van der Waals surface area contributed by atoms with E-state index in [0.717, 1.165) is 4.47 Å². The predicted octanol–water partition coefficient (Wildman–Crippen LogP) is 2.98. The summed E-state index contributed by atoms with van der Waals surface area (Å²) in [6, 6.07) is 8.59. The third-order valence-electron chi connectivity index (χ3n) is 3.17. The fourth-order valence-electron chi connectivity index (χ4n) is 2.24. The van der Waals surface area contributed by atoms with Gasteiger partial charge in [0, 0.05) is 16.7 Å². The summed E-state index contributed by atoms with van der Waals surface area (Å²) in [7, 11) is 0. The molecule has 2 amide bonds. The maximum Gasteiger partial charge on any atom is 0.323 e. The molecule has 2 rings (SSSR count). The first-order valence-electron chi connectivity index (χ1n) is 6.39. The number of carbonyl (C=O) groups is 1. The van der Waals surface area contributed by atoms with Gasteiger partial charge in [0.25, 0.3) is 0 Å². The number of hydrogen-bond donors (Lipinski definition) is 1. The van der Waals surface area contributed by atoms with E-state index < -0.39 is 6.04 Å². The largest absolute Gasteiger partial charge is 0.370 e. The molecule has 6 heteroatoms. The molecule has 0 radical (unpaired) electrons. The topological polar surface area (TPSA) is 65.4 Å². The minimum Gasteiger partial charge on any atom is -0.370 e. The molecule has 1 fully saturated rings. The molecule has 3 atom stereocenters. The summed E-state index contributed by atoms with van der Waals surface area (Å²) < 4.78 is 6.53. The van der Waals surface area contributed by atoms with Crippen LogP contribution in [0.4, 0.5) is 10.5 Å². The van der Waals surface area contributed by atoms with Gasteiger partial charge in [0.2, 0.25) is 0 Å². The fraction of sp³-hybridized carbons (Fsp3) is 0.429. The smallest absolute Gasteiger partial charge is 0.323 e. The van der Waals surface area contributed by atoms with Crippen molar-refractivity contribution in [2.75, 3.05) is 11.9 Å². The Labute approximate surface area is 126 Å². The van der Waals surface area contributed by atoms with E-state index in [4.69, 9.17) is 4.74 Å². The summed E-state index contributed by atoms with van der Waals surface area (Å²) in [5, 5.41) is 12.0. The van der Waals surface area contributed by atoms with Gasteiger partial charge < -0.3 is 15.0 Å². The molecule has 20 heavy (non-hydrogen) atoms. The Hall–Kier alpha value is -1.58. The molecule has 1 N–H and O–H groups in total. The van der Waals surface area contributed by atoms with Crippen molar-refractivity contribution in [3.05, 3.63) is 28.7 Å². The molecule has 0 aromatic heterocycles. The lowest BCUT2D eigenvalue weighted by atomic mass is 10.1. The maximum atomic E-state index is 12.3. The van der Waals surface area contributed by atoms with Gasteiger partial charge in [-0.05, 0) is 38.1 Å². The van der Waals surface area contributed by atoms with Crippen molar-refractivity contribution in [2.45, 2.75) is 32.1 Å². The van der Waals surface area contributed by atoms with Crippen LogP contribution < -0.4 is 5.32 Å². The second kappa shape index (κ2) is 6.25. The fourth-order valence-corrected chi connectivity index (χ4v) is 2.50. The molecular formula is C14H16BrN3O2. The van der Waals surface area contributed by atoms with Crippen molar-refractivity contribution in [3.8, 4) is 6.07 Å². The van der Waals surface area contributed by atoms with Gasteiger partial charge in [0.15, 0.2) is 0 Å². The van der Waals surface area contributed by atoms with Crippen molar-refractivity contribution in [2.24, 2.45) is 0 Å². The van der Waals surface area contributed by atoms with Crippen LogP contribution >= 0.6 is 15.9 Å². The Morgan fingerprint density at radius 1 is 1.45 bits per heavy atom. The molecule has 1 aliphatic heterocycles. The maximum absolute atomic E-state index is 12.3. The Balaban J connectivity index is 2.10. The second-order valence-electron chi connectivity index (χ2n) is 4.82. The van der Waals surface area contributed by atoms with Gasteiger partial charge in [-0.3, -0.25) is 0 Å². The highest BCUT2D eigenvalue weighted by Gasteiger charge is 2.35. The molecule has 1 heterocycles. The Kier molecular flexibility index (Phi) is 4.63. The Morgan fingerprint density at radius 2 is 2.10 bits per heavy atom. The highest BCUT2D eigenvalue weighted by molar-refractivity contribution is 9.10. The summed E-state index contributed by atoms with van der Waals surface area (Å²) >= 11 is 3.34. The van der Waals surface area contributed by atoms with Crippen molar-refractivity contribution in [3.63, 3.8) is 0 Å². The van der Waals surface area contributed by atoms with E-state index in [1.807, 2.05) is 26.0 Å². The van der Waals surface area contributed by atoms with Crippen LogP contribution in [-0.2, 0) is 4.74 Å². The van der Waals surface area contributed by atoms with Gasteiger partial charge in [-0.2, -0.15) is 5.26 Å². The second-order valence-corrected chi connectivity index (χ2v) is 5.73. The zero-order chi connectivity index (χ0) is 14.7. The van der Waals surface area contributed by atoms with Crippen molar-refractivity contribution in [1.29, 1.82) is 5.26 Å². The molecule has 0 bridgehead atoms. The highest BCUT2D eigenvalue weighted by Crippen LogP contribution is 2.20. The minimum absolute atomic E-state index is 0.0785. The number of benzene rings is 1. The quantitative estimate of drug-likeness (QED) is 0.856. The molecule has 1 aromatic carbocycles. The van der Waals surface area contributed by atoms with Crippen LogP contribution in [0.2, 0.25) is 0 Å². The first-order chi connectivity index (χ1) is 9.51. The van der Waals surface area contributed by atoms with Gasteiger partial charge in [0.1, 0.15) is 6.04 Å². The lowest BCUT2D eigenvalue weighted by Crippen LogP contribution is -2.56. The van der Waals surface area contributed by atoms with Gasteiger partial charge in [0.05, 0.1) is 18.3 Å². The van der Waals surface area contributed by atoms with E-state index >= 15 is 0 Å². The number of morpholine rings is 1. The molecule has 1 aromatic rings. The summed E-state index contributed by atoms with van der Waals surface area (Å²) in [4.78, 5) is 13.8. The number of nitriles is 1. The summed E-state index contributed by atoms with van der Waals surface area (Å²) in [6.07, 6.45) is -0.371. The zero-order valence-corrected chi connectivity index (χ0v) is 12.9. The Bertz CT molecular complexity index is 526. The van der Waals surface area contributed by atoms with E-state index in [2.05, 4.69) is 27.3 Å². The van der Waals surface area contributed by atoms with Crippen molar-refractivity contribution < 1.29 is 9.53 Å². The normalized spacial score (nSPS) is 25.9. The average Bonchev–Trinajstić information content (AvgIpc) is 2.40. The van der Waals surface area contributed by atoms with E-state index in [0.29, 0.717) is 12.2 Å². The van der Waals surface area contributed by atoms with Crippen LogP contribution in [0, 0.1) is 11.3 Å². The van der Waals surface area contributed by atoms with Crippen LogP contribution in [0.25, 0.3) is 0 Å². The van der Waals surface area contributed by atoms with Crippen LogP contribution in [0.1, 0.15) is 13.8 Å². The molecule has 0 spiro atoms. The molecule has 0 saturated carbocycles. The third-order valence-corrected chi connectivity index (χ3v) is 3.70. The molecule has 106 valence electrons. The van der Waals surface area contributed by atoms with Crippen molar-refractivity contribution in [1.82, 2.24) is 4.90 Å². The van der Waals surface area contributed by atoms with Crippen LogP contribution in [0.15, 0.2) is 28.7 Å². The molecular weight excluding hydrogens is 322 g/mol. The lowest BCUT2D eigenvalue weighted by Gasteiger charge is -2.39. The van der Waals surface area contributed by atoms with Gasteiger partial charge in [-0.25, -0.2) is 4.79 Å². The summed E-state index contributed by atoms with van der Waals surface area (Å²) in [6.45, 7) is 4.11. The first kappa shape index (κ1) is 14.8. The number of nitrogens with one attached hydrogen (secondary N) is 1. The number of urea groups is 1. The van der Waals surface area contributed by atoms with E-state index in [1.54, 1.807) is 12.1 Å². The zero-order valence-electron chi connectivity index (χ0n) is 11.3. The molecule has 1 aliphatic rings. The Morgan fingerprint density at radius 3 is 2.70 bits per heavy atom. The number of rotatable bonds is 1. The number of halogens is 1.